The molecule has 4 aromatic rings. The summed E-state index contributed by atoms with van der Waals surface area (Å²) in [6.45, 7) is 0.663. The number of benzene rings is 2. The standard InChI is InChI=1S/C26H17Cl3N4O/c27-19-10-4-17(5-11-19)8-14-21-30-25(29)24-26(31-21)33(23-3-1-2-16-34-23)22(32-24)15-9-18-6-12-20(28)13-7-18/h4-7,10-13,23H,1-3,16H2. The third kappa shape index (κ3) is 5.04. The van der Waals surface area contributed by atoms with Crippen LogP contribution >= 0.6 is 34.8 Å². The fourth-order valence-corrected chi connectivity index (χ4v) is 4.07. The first-order valence-corrected chi connectivity index (χ1v) is 11.8. The van der Waals surface area contributed by atoms with E-state index in [9.17, 15) is 0 Å². The lowest BCUT2D eigenvalue weighted by molar-refractivity contribution is -0.0302. The van der Waals surface area contributed by atoms with Crippen molar-refractivity contribution in [1.82, 2.24) is 19.5 Å². The van der Waals surface area contributed by atoms with Gasteiger partial charge >= 0.3 is 0 Å². The predicted molar refractivity (Wildman–Crippen MR) is 134 cm³/mol. The second-order valence-corrected chi connectivity index (χ2v) is 8.88. The van der Waals surface area contributed by atoms with E-state index in [1.165, 1.54) is 0 Å². The summed E-state index contributed by atoms with van der Waals surface area (Å²) in [7, 11) is 0. The van der Waals surface area contributed by atoms with Crippen molar-refractivity contribution in [2.45, 2.75) is 25.5 Å². The van der Waals surface area contributed by atoms with E-state index >= 15 is 0 Å². The Morgan fingerprint density at radius 2 is 1.41 bits per heavy atom. The van der Waals surface area contributed by atoms with E-state index in [4.69, 9.17) is 39.5 Å². The Labute approximate surface area is 212 Å². The van der Waals surface area contributed by atoms with Gasteiger partial charge in [-0.25, -0.2) is 15.0 Å². The smallest absolute Gasteiger partial charge is 0.208 e. The van der Waals surface area contributed by atoms with Crippen molar-refractivity contribution >= 4 is 46.0 Å². The van der Waals surface area contributed by atoms with Crippen molar-refractivity contribution in [3.63, 3.8) is 0 Å². The van der Waals surface area contributed by atoms with Gasteiger partial charge in [0.1, 0.15) is 11.7 Å². The summed E-state index contributed by atoms with van der Waals surface area (Å²) in [6, 6.07) is 14.5. The summed E-state index contributed by atoms with van der Waals surface area (Å²) in [6.07, 6.45) is 2.64. The van der Waals surface area contributed by atoms with Crippen LogP contribution in [-0.2, 0) is 4.74 Å². The van der Waals surface area contributed by atoms with Crippen molar-refractivity contribution < 1.29 is 4.74 Å². The molecule has 1 saturated heterocycles. The van der Waals surface area contributed by atoms with Gasteiger partial charge in [-0.05, 0) is 79.6 Å². The molecule has 1 fully saturated rings. The summed E-state index contributed by atoms with van der Waals surface area (Å²) in [5.74, 6) is 13.1. The van der Waals surface area contributed by atoms with Crippen LogP contribution in [0.1, 0.15) is 48.3 Å². The van der Waals surface area contributed by atoms with Crippen LogP contribution < -0.4 is 0 Å². The molecule has 0 amide bonds. The predicted octanol–water partition coefficient (Wildman–Crippen LogP) is 6.29. The molecule has 2 aromatic carbocycles. The molecule has 0 bridgehead atoms. The number of aromatic nitrogens is 4. The summed E-state index contributed by atoms with van der Waals surface area (Å²) < 4.78 is 7.95. The van der Waals surface area contributed by atoms with Crippen LogP contribution in [0.25, 0.3) is 11.2 Å². The fraction of sp³-hybridized carbons (Fsp3) is 0.192. The van der Waals surface area contributed by atoms with Gasteiger partial charge in [-0.2, -0.15) is 0 Å². The van der Waals surface area contributed by atoms with Crippen molar-refractivity contribution in [2.75, 3.05) is 6.61 Å². The molecule has 34 heavy (non-hydrogen) atoms. The molecule has 8 heteroatoms. The minimum Gasteiger partial charge on any atom is -0.358 e. The van der Waals surface area contributed by atoms with Crippen LogP contribution in [0.5, 0.6) is 0 Å². The fourth-order valence-electron chi connectivity index (χ4n) is 3.61. The highest BCUT2D eigenvalue weighted by atomic mass is 35.5. The lowest BCUT2D eigenvalue weighted by Crippen LogP contribution is -2.20. The summed E-state index contributed by atoms with van der Waals surface area (Å²) >= 11 is 18.4. The quantitative estimate of drug-likeness (QED) is 0.225. The number of fused-ring (bicyclic) bond motifs is 1. The van der Waals surface area contributed by atoms with Crippen LogP contribution in [0.15, 0.2) is 48.5 Å². The first-order chi connectivity index (χ1) is 16.6. The van der Waals surface area contributed by atoms with Gasteiger partial charge in [0.05, 0.1) is 0 Å². The van der Waals surface area contributed by atoms with E-state index in [1.807, 2.05) is 28.8 Å². The molecule has 0 aliphatic carbocycles. The maximum absolute atomic E-state index is 6.51. The molecule has 2 aromatic heterocycles. The first kappa shape index (κ1) is 22.7. The van der Waals surface area contributed by atoms with Gasteiger partial charge in [0.25, 0.3) is 0 Å². The minimum atomic E-state index is -0.240. The van der Waals surface area contributed by atoms with Gasteiger partial charge in [0, 0.05) is 27.8 Å². The third-order valence-corrected chi connectivity index (χ3v) is 6.03. The molecule has 0 saturated carbocycles. The zero-order chi connectivity index (χ0) is 23.5. The Morgan fingerprint density at radius 1 is 0.765 bits per heavy atom. The summed E-state index contributed by atoms with van der Waals surface area (Å²) in [5.41, 5.74) is 2.63. The van der Waals surface area contributed by atoms with Crippen LogP contribution in [-0.4, -0.2) is 26.1 Å². The van der Waals surface area contributed by atoms with Crippen LogP contribution in [0, 0.1) is 23.7 Å². The minimum absolute atomic E-state index is 0.217. The summed E-state index contributed by atoms with van der Waals surface area (Å²) in [5, 5.41) is 1.52. The topological polar surface area (TPSA) is 52.8 Å². The average molecular weight is 508 g/mol. The second kappa shape index (κ2) is 10.1. The number of halogens is 3. The molecule has 0 N–H and O–H groups in total. The zero-order valence-electron chi connectivity index (χ0n) is 17.9. The highest BCUT2D eigenvalue weighted by Crippen LogP contribution is 2.30. The van der Waals surface area contributed by atoms with Gasteiger partial charge in [-0.1, -0.05) is 46.6 Å². The maximum atomic E-state index is 6.51. The van der Waals surface area contributed by atoms with Gasteiger partial charge in [-0.3, -0.25) is 4.57 Å². The molecular weight excluding hydrogens is 491 g/mol. The van der Waals surface area contributed by atoms with Crippen LogP contribution in [0.4, 0.5) is 0 Å². The van der Waals surface area contributed by atoms with E-state index in [0.717, 1.165) is 30.4 Å². The Kier molecular flexibility index (Phi) is 6.72. The Hall–Kier alpha value is -3.06. The normalized spacial score (nSPS) is 15.3. The number of rotatable bonds is 1. The molecule has 1 unspecified atom stereocenters. The van der Waals surface area contributed by atoms with Crippen LogP contribution in [0.2, 0.25) is 15.2 Å². The van der Waals surface area contributed by atoms with E-state index < -0.39 is 0 Å². The average Bonchev–Trinajstić information content (AvgIpc) is 3.23. The molecule has 0 spiro atoms. The lowest BCUT2D eigenvalue weighted by atomic mass is 10.2. The maximum Gasteiger partial charge on any atom is 0.208 e. The Morgan fingerprint density at radius 3 is 2.03 bits per heavy atom. The number of hydrogen-bond acceptors (Lipinski definition) is 4. The number of ether oxygens (including phenoxy) is 1. The highest BCUT2D eigenvalue weighted by molar-refractivity contribution is 6.33. The molecular formula is C26H17Cl3N4O. The van der Waals surface area contributed by atoms with Gasteiger partial charge in [0.2, 0.25) is 5.82 Å². The molecule has 1 atom stereocenters. The van der Waals surface area contributed by atoms with Crippen molar-refractivity contribution in [1.29, 1.82) is 0 Å². The third-order valence-electron chi connectivity index (χ3n) is 5.27. The summed E-state index contributed by atoms with van der Waals surface area (Å²) in [4.78, 5) is 13.7. The Bertz CT molecular complexity index is 1470. The van der Waals surface area contributed by atoms with E-state index in [-0.39, 0.29) is 11.4 Å². The molecule has 5 rings (SSSR count). The Balaban J connectivity index is 1.60. The molecule has 168 valence electrons. The zero-order valence-corrected chi connectivity index (χ0v) is 20.1. The van der Waals surface area contributed by atoms with Crippen LogP contribution in [0.3, 0.4) is 0 Å². The molecule has 1 aliphatic heterocycles. The van der Waals surface area contributed by atoms with Gasteiger partial charge in [-0.15, -0.1) is 0 Å². The number of nitrogens with zero attached hydrogens (tertiary/aromatic N) is 4. The largest absolute Gasteiger partial charge is 0.358 e. The second-order valence-electron chi connectivity index (χ2n) is 7.65. The lowest BCUT2D eigenvalue weighted by Gasteiger charge is -2.24. The van der Waals surface area contributed by atoms with E-state index in [2.05, 4.69) is 38.6 Å². The van der Waals surface area contributed by atoms with E-state index in [1.54, 1.807) is 24.3 Å². The number of imidazole rings is 1. The van der Waals surface area contributed by atoms with Crippen molar-refractivity contribution in [3.05, 3.63) is 86.5 Å². The van der Waals surface area contributed by atoms with E-state index in [0.29, 0.717) is 39.5 Å². The SMILES string of the molecule is Clc1ccc(C#Cc2nc(Cl)c3nc(C#Cc4ccc(Cl)cc4)n(C4CCCCO4)c3n2)cc1. The van der Waals surface area contributed by atoms with Crippen molar-refractivity contribution in [3.8, 4) is 23.7 Å². The molecule has 0 radical (unpaired) electrons. The molecule has 3 heterocycles. The van der Waals surface area contributed by atoms with Crippen molar-refractivity contribution in [2.24, 2.45) is 0 Å². The molecule has 1 aliphatic rings. The van der Waals surface area contributed by atoms with Gasteiger partial charge in [0.15, 0.2) is 16.6 Å². The first-order valence-electron chi connectivity index (χ1n) is 10.7. The monoisotopic (exact) mass is 506 g/mol. The molecule has 5 nitrogen and oxygen atoms in total. The van der Waals surface area contributed by atoms with Gasteiger partial charge < -0.3 is 4.74 Å². The highest BCUT2D eigenvalue weighted by Gasteiger charge is 2.24. The number of hydrogen-bond donors (Lipinski definition) is 0.